The molecular weight excluding hydrogens is 218 g/mol. The molecule has 1 saturated carbocycles. The van der Waals surface area contributed by atoms with E-state index < -0.39 is 0 Å². The zero-order chi connectivity index (χ0) is 12.4. The van der Waals surface area contributed by atoms with Crippen molar-refractivity contribution in [3.63, 3.8) is 0 Å². The smallest absolute Gasteiger partial charge is 0.249 e. The van der Waals surface area contributed by atoms with Gasteiger partial charge >= 0.3 is 0 Å². The lowest BCUT2D eigenvalue weighted by Gasteiger charge is -2.13. The molecule has 1 aromatic rings. The van der Waals surface area contributed by atoms with Gasteiger partial charge in [0, 0.05) is 13.0 Å². The van der Waals surface area contributed by atoms with Gasteiger partial charge in [-0.3, -0.25) is 9.63 Å². The predicted octanol–water partition coefficient (Wildman–Crippen LogP) is 1.82. The van der Waals surface area contributed by atoms with E-state index in [-0.39, 0.29) is 11.8 Å². The molecule has 2 unspecified atom stereocenters. The minimum Gasteiger partial charge on any atom is -0.497 e. The fourth-order valence-electron chi connectivity index (χ4n) is 2.03. The van der Waals surface area contributed by atoms with Crippen LogP contribution in [0.1, 0.15) is 17.9 Å². The third kappa shape index (κ3) is 2.42. The van der Waals surface area contributed by atoms with E-state index in [0.29, 0.717) is 5.92 Å². The van der Waals surface area contributed by atoms with Crippen molar-refractivity contribution in [2.75, 3.05) is 21.3 Å². The molecule has 0 heterocycles. The SMILES string of the molecule is COc1cccc(C2CC2C(=O)N(C)OC)c1. The van der Waals surface area contributed by atoms with Gasteiger partial charge in [0.05, 0.1) is 14.2 Å². The van der Waals surface area contributed by atoms with Crippen LogP contribution in [-0.4, -0.2) is 32.2 Å². The standard InChI is InChI=1S/C13H17NO3/c1-14(17-3)13(15)12-8-11(12)9-5-4-6-10(7-9)16-2/h4-7,11-12H,8H2,1-3H3. The normalized spacial score (nSPS) is 22.1. The molecule has 0 bridgehead atoms. The van der Waals surface area contributed by atoms with Gasteiger partial charge in [0.15, 0.2) is 0 Å². The highest BCUT2D eigenvalue weighted by Crippen LogP contribution is 2.48. The van der Waals surface area contributed by atoms with E-state index in [0.717, 1.165) is 17.7 Å². The van der Waals surface area contributed by atoms with E-state index in [4.69, 9.17) is 9.57 Å². The first-order chi connectivity index (χ1) is 8.17. The van der Waals surface area contributed by atoms with Crippen LogP contribution in [0.15, 0.2) is 24.3 Å². The molecule has 0 N–H and O–H groups in total. The molecule has 1 aliphatic carbocycles. The Balaban J connectivity index is 2.04. The number of carbonyl (C=O) groups is 1. The Morgan fingerprint density at radius 1 is 1.41 bits per heavy atom. The molecule has 0 aliphatic heterocycles. The maximum absolute atomic E-state index is 11.8. The molecule has 1 amide bonds. The quantitative estimate of drug-likeness (QED) is 0.747. The molecule has 0 aromatic heterocycles. The predicted molar refractivity (Wildman–Crippen MR) is 63.6 cm³/mol. The van der Waals surface area contributed by atoms with Gasteiger partial charge in [-0.2, -0.15) is 0 Å². The minimum absolute atomic E-state index is 0.0420. The summed E-state index contributed by atoms with van der Waals surface area (Å²) in [5.41, 5.74) is 1.16. The van der Waals surface area contributed by atoms with Crippen molar-refractivity contribution < 1.29 is 14.4 Å². The first kappa shape index (κ1) is 11.9. The third-order valence-corrected chi connectivity index (χ3v) is 3.21. The number of rotatable bonds is 4. The van der Waals surface area contributed by atoms with Crippen LogP contribution in [0.4, 0.5) is 0 Å². The second-order valence-electron chi connectivity index (χ2n) is 4.24. The molecule has 2 atom stereocenters. The summed E-state index contributed by atoms with van der Waals surface area (Å²) >= 11 is 0. The zero-order valence-corrected chi connectivity index (χ0v) is 10.3. The number of benzene rings is 1. The number of methoxy groups -OCH3 is 1. The average molecular weight is 235 g/mol. The molecule has 4 heteroatoms. The van der Waals surface area contributed by atoms with E-state index in [1.54, 1.807) is 14.2 Å². The van der Waals surface area contributed by atoms with Crippen molar-refractivity contribution in [2.45, 2.75) is 12.3 Å². The summed E-state index contributed by atoms with van der Waals surface area (Å²) in [5, 5.41) is 1.30. The number of hydrogen-bond donors (Lipinski definition) is 0. The number of carbonyl (C=O) groups excluding carboxylic acids is 1. The highest BCUT2D eigenvalue weighted by atomic mass is 16.7. The number of hydrogen-bond acceptors (Lipinski definition) is 3. The van der Waals surface area contributed by atoms with Gasteiger partial charge in [0.1, 0.15) is 5.75 Å². The van der Waals surface area contributed by atoms with Gasteiger partial charge in [-0.1, -0.05) is 12.1 Å². The lowest BCUT2D eigenvalue weighted by molar-refractivity contribution is -0.170. The number of amides is 1. The van der Waals surface area contributed by atoms with E-state index in [1.807, 2.05) is 24.3 Å². The van der Waals surface area contributed by atoms with Gasteiger partial charge in [0.25, 0.3) is 0 Å². The van der Waals surface area contributed by atoms with Gasteiger partial charge in [-0.25, -0.2) is 5.06 Å². The Morgan fingerprint density at radius 3 is 2.82 bits per heavy atom. The summed E-state index contributed by atoms with van der Waals surface area (Å²) in [6, 6.07) is 7.88. The summed E-state index contributed by atoms with van der Waals surface area (Å²) in [5.74, 6) is 1.23. The van der Waals surface area contributed by atoms with Crippen molar-refractivity contribution in [2.24, 2.45) is 5.92 Å². The maximum atomic E-state index is 11.8. The highest BCUT2D eigenvalue weighted by Gasteiger charge is 2.45. The Hall–Kier alpha value is -1.55. The summed E-state index contributed by atoms with van der Waals surface area (Å²) in [6.45, 7) is 0. The summed E-state index contributed by atoms with van der Waals surface area (Å²) in [4.78, 5) is 16.7. The van der Waals surface area contributed by atoms with Crippen LogP contribution in [0.3, 0.4) is 0 Å². The van der Waals surface area contributed by atoms with E-state index >= 15 is 0 Å². The lowest BCUT2D eigenvalue weighted by Crippen LogP contribution is -2.27. The summed E-state index contributed by atoms with van der Waals surface area (Å²) < 4.78 is 5.18. The highest BCUT2D eigenvalue weighted by molar-refractivity contribution is 5.81. The number of ether oxygens (including phenoxy) is 1. The summed E-state index contributed by atoms with van der Waals surface area (Å²) in [6.07, 6.45) is 0.889. The maximum Gasteiger partial charge on any atom is 0.249 e. The van der Waals surface area contributed by atoms with Crippen molar-refractivity contribution in [1.29, 1.82) is 0 Å². The van der Waals surface area contributed by atoms with Crippen LogP contribution in [0.5, 0.6) is 5.75 Å². The first-order valence-electron chi connectivity index (χ1n) is 5.63. The fraction of sp³-hybridized carbons (Fsp3) is 0.462. The molecular formula is C13H17NO3. The van der Waals surface area contributed by atoms with Crippen LogP contribution in [0, 0.1) is 5.92 Å². The molecule has 92 valence electrons. The molecule has 4 nitrogen and oxygen atoms in total. The van der Waals surface area contributed by atoms with E-state index in [9.17, 15) is 4.79 Å². The van der Waals surface area contributed by atoms with Crippen LogP contribution >= 0.6 is 0 Å². The molecule has 1 fully saturated rings. The van der Waals surface area contributed by atoms with Gasteiger partial charge in [-0.15, -0.1) is 0 Å². The third-order valence-electron chi connectivity index (χ3n) is 3.21. The van der Waals surface area contributed by atoms with Gasteiger partial charge in [-0.05, 0) is 30.0 Å². The van der Waals surface area contributed by atoms with Crippen LogP contribution in [0.25, 0.3) is 0 Å². The minimum atomic E-state index is 0.0420. The number of nitrogens with zero attached hydrogens (tertiary/aromatic N) is 1. The van der Waals surface area contributed by atoms with Crippen LogP contribution < -0.4 is 4.74 Å². The second kappa shape index (κ2) is 4.75. The van der Waals surface area contributed by atoms with Crippen molar-refractivity contribution in [1.82, 2.24) is 5.06 Å². The molecule has 0 radical (unpaired) electrons. The van der Waals surface area contributed by atoms with Crippen molar-refractivity contribution >= 4 is 5.91 Å². The fourth-order valence-corrected chi connectivity index (χ4v) is 2.03. The first-order valence-corrected chi connectivity index (χ1v) is 5.63. The van der Waals surface area contributed by atoms with Crippen LogP contribution in [0.2, 0.25) is 0 Å². The zero-order valence-electron chi connectivity index (χ0n) is 10.3. The molecule has 0 saturated heterocycles. The molecule has 1 aliphatic rings. The Bertz CT molecular complexity index is 419. The molecule has 17 heavy (non-hydrogen) atoms. The van der Waals surface area contributed by atoms with Crippen molar-refractivity contribution in [3.8, 4) is 5.75 Å². The molecule has 2 rings (SSSR count). The topological polar surface area (TPSA) is 38.8 Å². The van der Waals surface area contributed by atoms with Gasteiger partial charge in [0.2, 0.25) is 5.91 Å². The van der Waals surface area contributed by atoms with Crippen LogP contribution in [-0.2, 0) is 9.63 Å². The lowest BCUT2D eigenvalue weighted by atomic mass is 10.1. The van der Waals surface area contributed by atoms with E-state index in [2.05, 4.69) is 0 Å². The Labute approximate surface area is 101 Å². The van der Waals surface area contributed by atoms with Crippen molar-refractivity contribution in [3.05, 3.63) is 29.8 Å². The molecule has 1 aromatic carbocycles. The summed E-state index contributed by atoms with van der Waals surface area (Å²) in [7, 11) is 4.79. The van der Waals surface area contributed by atoms with E-state index in [1.165, 1.54) is 12.2 Å². The largest absolute Gasteiger partial charge is 0.497 e. The monoisotopic (exact) mass is 235 g/mol. The molecule has 0 spiro atoms. The Kier molecular flexibility index (Phi) is 3.33. The Morgan fingerprint density at radius 2 is 2.18 bits per heavy atom. The number of hydroxylamine groups is 2. The average Bonchev–Trinajstić information content (AvgIpc) is 3.17. The van der Waals surface area contributed by atoms with Gasteiger partial charge < -0.3 is 4.74 Å². The second-order valence-corrected chi connectivity index (χ2v) is 4.24.